The number of amides is 1. The molecule has 2 aromatic carbocycles. The van der Waals surface area contributed by atoms with Crippen molar-refractivity contribution in [3.63, 3.8) is 0 Å². The molecule has 3 rings (SSSR count). The first-order valence-corrected chi connectivity index (χ1v) is 11.9. The molecule has 1 heterocycles. The Hall–Kier alpha value is -1.96. The molecule has 1 aliphatic rings. The molecule has 1 fully saturated rings. The lowest BCUT2D eigenvalue weighted by molar-refractivity contribution is -0.114. The van der Waals surface area contributed by atoms with Gasteiger partial charge in [-0.15, -0.1) is 0 Å². The van der Waals surface area contributed by atoms with Crippen LogP contribution in [-0.2, 0) is 14.8 Å². The van der Waals surface area contributed by atoms with Crippen LogP contribution in [0.2, 0.25) is 10.0 Å². The quantitative estimate of drug-likeness (QED) is 0.700. The summed E-state index contributed by atoms with van der Waals surface area (Å²) in [6.45, 7) is 1.71. The topological polar surface area (TPSA) is 69.7 Å². The third-order valence-corrected chi connectivity index (χ3v) is 6.63. The predicted molar refractivity (Wildman–Crippen MR) is 120 cm³/mol. The van der Waals surface area contributed by atoms with Crippen LogP contribution < -0.4 is 14.5 Å². The van der Waals surface area contributed by atoms with Gasteiger partial charge >= 0.3 is 0 Å². The van der Waals surface area contributed by atoms with Crippen LogP contribution in [0.4, 0.5) is 17.1 Å². The van der Waals surface area contributed by atoms with Crippen molar-refractivity contribution in [3.8, 4) is 0 Å². The third-order valence-electron chi connectivity index (χ3n) is 4.75. The first-order chi connectivity index (χ1) is 13.7. The molecule has 0 saturated carbocycles. The van der Waals surface area contributed by atoms with Gasteiger partial charge in [-0.3, -0.25) is 9.10 Å². The van der Waals surface area contributed by atoms with Crippen LogP contribution in [0.1, 0.15) is 19.3 Å². The van der Waals surface area contributed by atoms with Crippen LogP contribution in [0.15, 0.2) is 42.5 Å². The lowest BCUT2D eigenvalue weighted by atomic mass is 10.1. The van der Waals surface area contributed by atoms with Gasteiger partial charge in [-0.1, -0.05) is 23.2 Å². The number of hydrogen-bond donors (Lipinski definition) is 1. The van der Waals surface area contributed by atoms with Gasteiger partial charge in [0.25, 0.3) is 0 Å². The highest BCUT2D eigenvalue weighted by molar-refractivity contribution is 7.92. The lowest BCUT2D eigenvalue weighted by Gasteiger charge is -2.29. The second-order valence-corrected chi connectivity index (χ2v) is 9.73. The summed E-state index contributed by atoms with van der Waals surface area (Å²) in [5.74, 6) is -0.452. The van der Waals surface area contributed by atoms with Crippen LogP contribution in [0.3, 0.4) is 0 Å². The molecule has 6 nitrogen and oxygen atoms in total. The van der Waals surface area contributed by atoms with E-state index in [1.165, 1.54) is 37.5 Å². The molecule has 0 aromatic heterocycles. The zero-order chi connectivity index (χ0) is 21.0. The molecule has 0 aliphatic carbocycles. The summed E-state index contributed by atoms with van der Waals surface area (Å²) >= 11 is 11.9. The number of hydrogen-bond acceptors (Lipinski definition) is 4. The Bertz CT molecular complexity index is 975. The van der Waals surface area contributed by atoms with Gasteiger partial charge in [-0.25, -0.2) is 8.42 Å². The maximum Gasteiger partial charge on any atom is 0.245 e. The Morgan fingerprint density at radius 1 is 1.03 bits per heavy atom. The van der Waals surface area contributed by atoms with E-state index in [1.54, 1.807) is 0 Å². The minimum atomic E-state index is -3.69. The Balaban J connectivity index is 1.69. The fraction of sp³-hybridized carbons (Fsp3) is 0.350. The number of sulfonamides is 1. The number of nitrogens with zero attached hydrogens (tertiary/aromatic N) is 2. The smallest absolute Gasteiger partial charge is 0.245 e. The van der Waals surface area contributed by atoms with Crippen LogP contribution in [0.25, 0.3) is 0 Å². The van der Waals surface area contributed by atoms with E-state index >= 15 is 0 Å². The number of anilines is 3. The zero-order valence-electron chi connectivity index (χ0n) is 16.1. The predicted octanol–water partition coefficient (Wildman–Crippen LogP) is 4.39. The van der Waals surface area contributed by atoms with Crippen LogP contribution >= 0.6 is 23.2 Å². The van der Waals surface area contributed by atoms with Crippen LogP contribution in [0.5, 0.6) is 0 Å². The molecule has 1 aliphatic heterocycles. The minimum absolute atomic E-state index is 0.214. The maximum atomic E-state index is 12.5. The normalized spacial score (nSPS) is 14.5. The van der Waals surface area contributed by atoms with Gasteiger partial charge in [0.15, 0.2) is 0 Å². The highest BCUT2D eigenvalue weighted by Gasteiger charge is 2.22. The second kappa shape index (κ2) is 9.24. The van der Waals surface area contributed by atoms with Crippen molar-refractivity contribution in [1.82, 2.24) is 0 Å². The minimum Gasteiger partial charge on any atom is -0.372 e. The molecule has 29 heavy (non-hydrogen) atoms. The number of nitrogens with one attached hydrogen (secondary N) is 1. The summed E-state index contributed by atoms with van der Waals surface area (Å²) in [5, 5.41) is 3.27. The summed E-state index contributed by atoms with van der Waals surface area (Å²) in [5.41, 5.74) is 2.01. The SMILES string of the molecule is CS(=O)(=O)N(CC(=O)Nc1ccc(N2CCCCC2)cc1)c1ccc(Cl)c(Cl)c1. The molecule has 1 saturated heterocycles. The standard InChI is InChI=1S/C20H23Cl2N3O3S/c1-29(27,28)25(17-9-10-18(21)19(22)13-17)14-20(26)23-15-5-7-16(8-6-15)24-11-3-2-4-12-24/h5-10,13H,2-4,11-12,14H2,1H3,(H,23,26). The van der Waals surface area contributed by atoms with E-state index in [0.29, 0.717) is 10.7 Å². The third kappa shape index (κ3) is 5.78. The van der Waals surface area contributed by atoms with Crippen molar-refractivity contribution < 1.29 is 13.2 Å². The average Bonchev–Trinajstić information content (AvgIpc) is 2.69. The van der Waals surface area contributed by atoms with Gasteiger partial charge < -0.3 is 10.2 Å². The monoisotopic (exact) mass is 455 g/mol. The Kier molecular flexibility index (Phi) is 6.93. The van der Waals surface area contributed by atoms with Gasteiger partial charge in [-0.2, -0.15) is 0 Å². The molecule has 0 radical (unpaired) electrons. The van der Waals surface area contributed by atoms with Crippen molar-refractivity contribution in [2.75, 3.05) is 40.4 Å². The highest BCUT2D eigenvalue weighted by Crippen LogP contribution is 2.28. The molecular weight excluding hydrogens is 433 g/mol. The van der Waals surface area contributed by atoms with E-state index in [2.05, 4.69) is 10.2 Å². The highest BCUT2D eigenvalue weighted by atomic mass is 35.5. The number of carbonyl (C=O) groups excluding carboxylic acids is 1. The molecular formula is C20H23Cl2N3O3S. The van der Waals surface area contributed by atoms with E-state index in [1.807, 2.05) is 24.3 Å². The van der Waals surface area contributed by atoms with Gasteiger partial charge in [0.2, 0.25) is 15.9 Å². The fourth-order valence-corrected chi connectivity index (χ4v) is 4.42. The van der Waals surface area contributed by atoms with Crippen molar-refractivity contribution in [1.29, 1.82) is 0 Å². The summed E-state index contributed by atoms with van der Waals surface area (Å²) in [6.07, 6.45) is 4.68. The van der Waals surface area contributed by atoms with Crippen molar-refractivity contribution >= 4 is 56.2 Å². The first kappa shape index (κ1) is 21.7. The Labute approximate surface area is 181 Å². The van der Waals surface area contributed by atoms with E-state index in [-0.39, 0.29) is 17.3 Å². The van der Waals surface area contributed by atoms with E-state index in [9.17, 15) is 13.2 Å². The van der Waals surface area contributed by atoms with E-state index < -0.39 is 15.9 Å². The molecule has 2 aromatic rings. The number of piperidine rings is 1. The molecule has 0 bridgehead atoms. The summed E-state index contributed by atoms with van der Waals surface area (Å²) < 4.78 is 25.4. The summed E-state index contributed by atoms with van der Waals surface area (Å²) in [4.78, 5) is 14.8. The Morgan fingerprint density at radius 3 is 2.28 bits per heavy atom. The summed E-state index contributed by atoms with van der Waals surface area (Å²) in [6, 6.07) is 12.0. The number of carbonyl (C=O) groups is 1. The summed E-state index contributed by atoms with van der Waals surface area (Å²) in [7, 11) is -3.69. The van der Waals surface area contributed by atoms with Crippen molar-refractivity contribution in [2.24, 2.45) is 0 Å². The molecule has 156 valence electrons. The number of rotatable bonds is 6. The fourth-order valence-electron chi connectivity index (χ4n) is 3.28. The number of halogens is 2. The van der Waals surface area contributed by atoms with E-state index in [4.69, 9.17) is 23.2 Å². The maximum absolute atomic E-state index is 12.5. The molecule has 0 spiro atoms. The van der Waals surface area contributed by atoms with E-state index in [0.717, 1.165) is 29.3 Å². The first-order valence-electron chi connectivity index (χ1n) is 9.32. The van der Waals surface area contributed by atoms with Gasteiger partial charge in [0.1, 0.15) is 6.54 Å². The lowest BCUT2D eigenvalue weighted by Crippen LogP contribution is -2.37. The van der Waals surface area contributed by atoms with Crippen LogP contribution in [-0.4, -0.2) is 40.2 Å². The molecule has 0 atom stereocenters. The molecule has 1 amide bonds. The molecule has 9 heteroatoms. The van der Waals surface area contributed by atoms with Crippen molar-refractivity contribution in [2.45, 2.75) is 19.3 Å². The number of benzene rings is 2. The molecule has 1 N–H and O–H groups in total. The van der Waals surface area contributed by atoms with Gasteiger partial charge in [-0.05, 0) is 61.7 Å². The van der Waals surface area contributed by atoms with Gasteiger partial charge in [0, 0.05) is 24.5 Å². The molecule has 0 unspecified atom stereocenters. The second-order valence-electron chi connectivity index (χ2n) is 7.01. The van der Waals surface area contributed by atoms with Crippen LogP contribution in [0, 0.1) is 0 Å². The van der Waals surface area contributed by atoms with Crippen molar-refractivity contribution in [3.05, 3.63) is 52.5 Å². The average molecular weight is 456 g/mol. The largest absolute Gasteiger partial charge is 0.372 e. The van der Waals surface area contributed by atoms with Gasteiger partial charge in [0.05, 0.1) is 22.0 Å². The zero-order valence-corrected chi connectivity index (χ0v) is 18.4. The Morgan fingerprint density at radius 2 is 1.69 bits per heavy atom.